The second kappa shape index (κ2) is 12.3. The van der Waals surface area contributed by atoms with Crippen molar-refractivity contribution < 1.29 is 19.1 Å². The minimum atomic E-state index is -0.690. The maximum Gasteiger partial charge on any atom is 0.407 e. The Balaban J connectivity index is 1.12. The number of ether oxygens (including phenoxy) is 1. The van der Waals surface area contributed by atoms with Crippen LogP contribution in [0.5, 0.6) is 0 Å². The summed E-state index contributed by atoms with van der Waals surface area (Å²) in [6.45, 7) is 8.83. The highest BCUT2D eigenvalue weighted by Crippen LogP contribution is 2.28. The van der Waals surface area contributed by atoms with Crippen LogP contribution in [0.2, 0.25) is 0 Å². The molecule has 2 aliphatic heterocycles. The number of alkyl carbamates (subject to hydrolysis) is 1. The van der Waals surface area contributed by atoms with Crippen molar-refractivity contribution in [3.05, 3.63) is 34.2 Å². The van der Waals surface area contributed by atoms with Crippen LogP contribution in [0.25, 0.3) is 11.0 Å². The van der Waals surface area contributed by atoms with E-state index in [2.05, 4.69) is 27.4 Å². The van der Waals surface area contributed by atoms with E-state index in [1.165, 1.54) is 4.57 Å². The summed E-state index contributed by atoms with van der Waals surface area (Å²) >= 11 is 0. The summed E-state index contributed by atoms with van der Waals surface area (Å²) in [5.41, 5.74) is 1.49. The SMILES string of the molecule is Cn1c(=O)n(C2CCC(=O)NC2=O)c2ccc(C#CC3CCN(C[C@H]4CC[C@H](NC(=O)OC(C)(C)C)CC4)CC3)cc21. The van der Waals surface area contributed by atoms with E-state index in [1.54, 1.807) is 11.6 Å². The summed E-state index contributed by atoms with van der Waals surface area (Å²) in [6, 6.07) is 5.18. The van der Waals surface area contributed by atoms with Gasteiger partial charge in [-0.1, -0.05) is 11.8 Å². The second-order valence-corrected chi connectivity index (χ2v) is 13.1. The molecule has 10 nitrogen and oxygen atoms in total. The monoisotopic (exact) mass is 577 g/mol. The van der Waals surface area contributed by atoms with Gasteiger partial charge in [-0.2, -0.15) is 0 Å². The number of fused-ring (bicyclic) bond motifs is 1. The molecular formula is C32H43N5O5. The molecule has 3 heterocycles. The van der Waals surface area contributed by atoms with Crippen molar-refractivity contribution in [2.24, 2.45) is 18.9 Å². The van der Waals surface area contributed by atoms with Gasteiger partial charge in [0.1, 0.15) is 11.6 Å². The second-order valence-electron chi connectivity index (χ2n) is 13.1. The Morgan fingerprint density at radius 1 is 1.02 bits per heavy atom. The summed E-state index contributed by atoms with van der Waals surface area (Å²) < 4.78 is 8.44. The van der Waals surface area contributed by atoms with Crippen LogP contribution in [0.15, 0.2) is 23.0 Å². The number of carbonyl (C=O) groups excluding carboxylic acids is 3. The zero-order chi connectivity index (χ0) is 30.0. The number of aryl methyl sites for hydroxylation is 1. The van der Waals surface area contributed by atoms with Gasteiger partial charge in [-0.3, -0.25) is 24.0 Å². The van der Waals surface area contributed by atoms with Crippen LogP contribution in [0.3, 0.4) is 0 Å². The average molecular weight is 578 g/mol. The van der Waals surface area contributed by atoms with Crippen LogP contribution in [0, 0.1) is 23.7 Å². The highest BCUT2D eigenvalue weighted by Gasteiger charge is 2.31. The lowest BCUT2D eigenvalue weighted by atomic mass is 9.85. The van der Waals surface area contributed by atoms with Gasteiger partial charge in [0.2, 0.25) is 11.8 Å². The highest BCUT2D eigenvalue weighted by atomic mass is 16.6. The maximum absolute atomic E-state index is 13.0. The van der Waals surface area contributed by atoms with Crippen LogP contribution in [0.4, 0.5) is 4.79 Å². The number of imide groups is 1. The molecule has 2 saturated heterocycles. The molecule has 1 unspecified atom stereocenters. The number of aromatic nitrogens is 2. The number of piperidine rings is 2. The molecular weight excluding hydrogens is 534 g/mol. The standard InChI is InChI=1S/C32H43N5O5/c1-32(2,3)42-30(40)33-24-10-7-23(8-11-24)20-36-17-15-21(16-18-36)5-6-22-9-12-25-27(19-22)35(4)31(41)37(25)26-13-14-28(38)34-29(26)39/h9,12,19,21,23-24,26H,7-8,10-11,13-18,20H2,1-4H3,(H,33,40)(H,34,38,39)/t23-,24-,26?. The summed E-state index contributed by atoms with van der Waals surface area (Å²) in [5, 5.41) is 5.38. The molecule has 0 radical (unpaired) electrons. The number of nitrogens with zero attached hydrogens (tertiary/aromatic N) is 3. The van der Waals surface area contributed by atoms with Gasteiger partial charge < -0.3 is 15.0 Å². The van der Waals surface area contributed by atoms with Gasteiger partial charge >= 0.3 is 11.8 Å². The fourth-order valence-corrected chi connectivity index (χ4v) is 6.44. The molecule has 3 aliphatic rings. The van der Waals surface area contributed by atoms with Crippen LogP contribution in [0.1, 0.15) is 83.7 Å². The smallest absolute Gasteiger partial charge is 0.407 e. The highest BCUT2D eigenvalue weighted by molar-refractivity contribution is 6.00. The molecule has 2 aromatic rings. The lowest BCUT2D eigenvalue weighted by Crippen LogP contribution is -2.44. The minimum absolute atomic E-state index is 0.203. The molecule has 1 saturated carbocycles. The molecule has 3 amide bonds. The van der Waals surface area contributed by atoms with E-state index in [-0.39, 0.29) is 30.2 Å². The normalized spacial score (nSPS) is 24.1. The third kappa shape index (κ3) is 7.06. The van der Waals surface area contributed by atoms with Gasteiger partial charge in [0.05, 0.1) is 11.0 Å². The van der Waals surface area contributed by atoms with Crippen LogP contribution in [-0.4, -0.2) is 63.2 Å². The largest absolute Gasteiger partial charge is 0.444 e. The predicted molar refractivity (Wildman–Crippen MR) is 160 cm³/mol. The minimum Gasteiger partial charge on any atom is -0.444 e. The van der Waals surface area contributed by atoms with E-state index >= 15 is 0 Å². The predicted octanol–water partition coefficient (Wildman–Crippen LogP) is 3.46. The molecule has 1 aromatic heterocycles. The van der Waals surface area contributed by atoms with Gasteiger partial charge in [-0.25, -0.2) is 9.59 Å². The van der Waals surface area contributed by atoms with Crippen molar-refractivity contribution in [3.8, 4) is 11.8 Å². The molecule has 3 fully saturated rings. The number of imidazole rings is 1. The third-order valence-corrected chi connectivity index (χ3v) is 8.70. The third-order valence-electron chi connectivity index (χ3n) is 8.70. The molecule has 0 spiro atoms. The average Bonchev–Trinajstić information content (AvgIpc) is 3.17. The van der Waals surface area contributed by atoms with E-state index in [0.717, 1.165) is 69.2 Å². The Kier molecular flexibility index (Phi) is 8.78. The molecule has 0 bridgehead atoms. The Morgan fingerprint density at radius 3 is 2.40 bits per heavy atom. The number of rotatable bonds is 4. The molecule has 226 valence electrons. The van der Waals surface area contributed by atoms with E-state index in [9.17, 15) is 19.2 Å². The van der Waals surface area contributed by atoms with Crippen molar-refractivity contribution in [1.82, 2.24) is 24.7 Å². The maximum atomic E-state index is 13.0. The number of likely N-dealkylation sites (tertiary alicyclic amines) is 1. The summed E-state index contributed by atoms with van der Waals surface area (Å²) in [7, 11) is 1.70. The Morgan fingerprint density at radius 2 is 1.74 bits per heavy atom. The fourth-order valence-electron chi connectivity index (χ4n) is 6.44. The fraction of sp³-hybridized carbons (Fsp3) is 0.625. The van der Waals surface area contributed by atoms with Gasteiger partial charge in [0, 0.05) is 37.5 Å². The Hall–Kier alpha value is -3.58. The number of hydrogen-bond acceptors (Lipinski definition) is 6. The number of nitrogens with one attached hydrogen (secondary N) is 2. The molecule has 5 rings (SSSR count). The van der Waals surface area contributed by atoms with Crippen molar-refractivity contribution in [2.45, 2.75) is 89.8 Å². The van der Waals surface area contributed by atoms with Gasteiger partial charge in [-0.15, -0.1) is 0 Å². The topological polar surface area (TPSA) is 115 Å². The Labute approximate surface area is 247 Å². The Bertz CT molecular complexity index is 1460. The first-order valence-electron chi connectivity index (χ1n) is 15.2. The number of benzene rings is 1. The summed E-state index contributed by atoms with van der Waals surface area (Å²) in [4.78, 5) is 51.6. The van der Waals surface area contributed by atoms with E-state index < -0.39 is 17.6 Å². The number of amides is 3. The van der Waals surface area contributed by atoms with Crippen LogP contribution >= 0.6 is 0 Å². The van der Waals surface area contributed by atoms with Gasteiger partial charge in [0.25, 0.3) is 0 Å². The molecule has 2 N–H and O–H groups in total. The van der Waals surface area contributed by atoms with Crippen LogP contribution in [-0.2, 0) is 21.4 Å². The molecule has 1 aromatic carbocycles. The zero-order valence-corrected chi connectivity index (χ0v) is 25.2. The zero-order valence-electron chi connectivity index (χ0n) is 25.2. The lowest BCUT2D eigenvalue weighted by molar-refractivity contribution is -0.135. The van der Waals surface area contributed by atoms with Crippen molar-refractivity contribution >= 4 is 28.9 Å². The van der Waals surface area contributed by atoms with Gasteiger partial charge in [0.15, 0.2) is 0 Å². The first kappa shape index (κ1) is 29.9. The van der Waals surface area contributed by atoms with Crippen molar-refractivity contribution in [2.75, 3.05) is 19.6 Å². The van der Waals surface area contributed by atoms with Gasteiger partial charge in [-0.05, 0) is 103 Å². The van der Waals surface area contributed by atoms with Crippen LogP contribution < -0.4 is 16.3 Å². The lowest BCUT2D eigenvalue weighted by Gasteiger charge is -2.36. The summed E-state index contributed by atoms with van der Waals surface area (Å²) in [6.07, 6.45) is 6.53. The first-order chi connectivity index (χ1) is 20.0. The van der Waals surface area contributed by atoms with Crippen molar-refractivity contribution in [1.29, 1.82) is 0 Å². The molecule has 1 aliphatic carbocycles. The van der Waals surface area contributed by atoms with E-state index in [0.29, 0.717) is 23.8 Å². The molecule has 10 heteroatoms. The van der Waals surface area contributed by atoms with E-state index in [1.807, 2.05) is 39.0 Å². The van der Waals surface area contributed by atoms with E-state index in [4.69, 9.17) is 4.74 Å². The number of hydrogen-bond donors (Lipinski definition) is 2. The molecule has 1 atom stereocenters. The quantitative estimate of drug-likeness (QED) is 0.425. The number of carbonyl (C=O) groups is 3. The molecule has 42 heavy (non-hydrogen) atoms. The van der Waals surface area contributed by atoms with Crippen molar-refractivity contribution in [3.63, 3.8) is 0 Å². The first-order valence-corrected chi connectivity index (χ1v) is 15.2. The summed E-state index contributed by atoms with van der Waals surface area (Å²) in [5.74, 6) is 7.05.